The van der Waals surface area contributed by atoms with Gasteiger partial charge in [-0.25, -0.2) is 4.98 Å². The highest BCUT2D eigenvalue weighted by molar-refractivity contribution is 5.93. The van der Waals surface area contributed by atoms with Crippen LogP contribution in [0, 0.1) is 13.8 Å². The van der Waals surface area contributed by atoms with E-state index in [0.717, 1.165) is 34.0 Å². The Morgan fingerprint density at radius 1 is 1.36 bits per heavy atom. The Labute approximate surface area is 162 Å². The maximum absolute atomic E-state index is 12.6. The van der Waals surface area contributed by atoms with E-state index in [1.54, 1.807) is 13.4 Å². The molecule has 0 aliphatic carbocycles. The van der Waals surface area contributed by atoms with Gasteiger partial charge in [0.1, 0.15) is 11.9 Å². The molecule has 0 unspecified atom stereocenters. The number of H-pyrrole nitrogens is 1. The lowest BCUT2D eigenvalue weighted by Gasteiger charge is -2.25. The molecule has 8 nitrogen and oxygen atoms in total. The second-order valence-corrected chi connectivity index (χ2v) is 6.86. The average molecular weight is 381 g/mol. The van der Waals surface area contributed by atoms with Gasteiger partial charge >= 0.3 is 0 Å². The molecule has 0 radical (unpaired) electrons. The van der Waals surface area contributed by atoms with Gasteiger partial charge in [0.15, 0.2) is 5.69 Å². The van der Waals surface area contributed by atoms with Crippen LogP contribution in [-0.2, 0) is 24.4 Å². The molecule has 8 heteroatoms. The van der Waals surface area contributed by atoms with Crippen LogP contribution < -0.4 is 10.1 Å². The van der Waals surface area contributed by atoms with E-state index in [4.69, 9.17) is 9.47 Å². The van der Waals surface area contributed by atoms with Crippen LogP contribution in [0.15, 0.2) is 30.6 Å². The Hall–Kier alpha value is -3.13. The fourth-order valence-corrected chi connectivity index (χ4v) is 3.42. The zero-order chi connectivity index (χ0) is 19.7. The van der Waals surface area contributed by atoms with Gasteiger partial charge in [0.25, 0.3) is 5.91 Å². The number of aromatic nitrogens is 4. The van der Waals surface area contributed by atoms with E-state index in [1.165, 1.54) is 0 Å². The summed E-state index contributed by atoms with van der Waals surface area (Å²) >= 11 is 0. The average Bonchev–Trinajstić information content (AvgIpc) is 3.29. The summed E-state index contributed by atoms with van der Waals surface area (Å²) in [5.41, 5.74) is 5.11. The van der Waals surface area contributed by atoms with Crippen LogP contribution in [0.1, 0.15) is 44.8 Å². The van der Waals surface area contributed by atoms with Gasteiger partial charge in [0.05, 0.1) is 38.0 Å². The molecule has 1 aliphatic heterocycles. The third-order valence-electron chi connectivity index (χ3n) is 5.14. The predicted octanol–water partition coefficient (Wildman–Crippen LogP) is 2.43. The highest BCUT2D eigenvalue weighted by atomic mass is 16.5. The lowest BCUT2D eigenvalue weighted by atomic mass is 10.1. The van der Waals surface area contributed by atoms with Crippen molar-refractivity contribution < 1.29 is 14.3 Å². The minimum Gasteiger partial charge on any atom is -0.497 e. The van der Waals surface area contributed by atoms with Crippen molar-refractivity contribution in [3.63, 3.8) is 0 Å². The maximum Gasteiger partial charge on any atom is 0.272 e. The number of nitrogens with one attached hydrogen (secondary N) is 2. The molecule has 0 saturated carbocycles. The molecule has 1 atom stereocenters. The maximum atomic E-state index is 12.6. The number of methoxy groups -OCH3 is 1. The summed E-state index contributed by atoms with van der Waals surface area (Å²) in [6.07, 6.45) is 1.62. The molecule has 4 rings (SSSR count). The van der Waals surface area contributed by atoms with E-state index < -0.39 is 0 Å². The van der Waals surface area contributed by atoms with E-state index in [2.05, 4.69) is 20.5 Å². The monoisotopic (exact) mass is 381 g/mol. The SMILES string of the molecule is COc1ccc([C@H]2Cn3cnc(C(=O)NCc4c(C)n[nH]c4C)c3CO2)cc1. The Bertz CT molecular complexity index is 970. The van der Waals surface area contributed by atoms with Gasteiger partial charge in [0.2, 0.25) is 0 Å². The summed E-state index contributed by atoms with van der Waals surface area (Å²) in [5.74, 6) is 0.602. The second-order valence-electron chi connectivity index (χ2n) is 6.86. The number of fused-ring (bicyclic) bond motifs is 1. The van der Waals surface area contributed by atoms with Crippen molar-refractivity contribution in [3.8, 4) is 5.75 Å². The summed E-state index contributed by atoms with van der Waals surface area (Å²) in [7, 11) is 1.64. The van der Waals surface area contributed by atoms with Crippen molar-refractivity contribution in [1.82, 2.24) is 25.1 Å². The first-order valence-corrected chi connectivity index (χ1v) is 9.15. The molecule has 1 aliphatic rings. The fraction of sp³-hybridized carbons (Fsp3) is 0.350. The first-order chi connectivity index (χ1) is 13.6. The Morgan fingerprint density at radius 2 is 2.14 bits per heavy atom. The Kier molecular flexibility index (Phi) is 4.87. The lowest BCUT2D eigenvalue weighted by molar-refractivity contribution is 0.00255. The number of aryl methyl sites for hydroxylation is 2. The van der Waals surface area contributed by atoms with Crippen LogP contribution in [-0.4, -0.2) is 32.8 Å². The van der Waals surface area contributed by atoms with Crippen molar-refractivity contribution in [2.45, 2.75) is 39.6 Å². The van der Waals surface area contributed by atoms with Crippen LogP contribution in [0.5, 0.6) is 5.75 Å². The van der Waals surface area contributed by atoms with Gasteiger partial charge < -0.3 is 19.4 Å². The van der Waals surface area contributed by atoms with E-state index in [1.807, 2.05) is 42.7 Å². The highest BCUT2D eigenvalue weighted by Gasteiger charge is 2.26. The van der Waals surface area contributed by atoms with E-state index >= 15 is 0 Å². The van der Waals surface area contributed by atoms with Crippen LogP contribution >= 0.6 is 0 Å². The Morgan fingerprint density at radius 3 is 2.82 bits per heavy atom. The number of hydrogen-bond acceptors (Lipinski definition) is 5. The van der Waals surface area contributed by atoms with Gasteiger partial charge in [-0.1, -0.05) is 12.1 Å². The second kappa shape index (κ2) is 7.47. The van der Waals surface area contributed by atoms with Crippen LogP contribution in [0.3, 0.4) is 0 Å². The largest absolute Gasteiger partial charge is 0.497 e. The van der Waals surface area contributed by atoms with Crippen molar-refractivity contribution in [3.05, 3.63) is 64.5 Å². The minimum absolute atomic E-state index is 0.0836. The van der Waals surface area contributed by atoms with Crippen molar-refractivity contribution >= 4 is 5.91 Å². The molecule has 146 valence electrons. The molecule has 3 heterocycles. The minimum atomic E-state index is -0.208. The van der Waals surface area contributed by atoms with Crippen molar-refractivity contribution in [1.29, 1.82) is 0 Å². The van der Waals surface area contributed by atoms with Gasteiger partial charge in [0, 0.05) is 17.8 Å². The van der Waals surface area contributed by atoms with Crippen LogP contribution in [0.4, 0.5) is 0 Å². The van der Waals surface area contributed by atoms with Gasteiger partial charge in [-0.3, -0.25) is 9.89 Å². The number of hydrogen-bond donors (Lipinski definition) is 2. The van der Waals surface area contributed by atoms with Crippen molar-refractivity contribution in [2.75, 3.05) is 7.11 Å². The molecule has 1 amide bonds. The lowest BCUT2D eigenvalue weighted by Crippen LogP contribution is -2.27. The van der Waals surface area contributed by atoms with E-state index in [-0.39, 0.29) is 12.0 Å². The third-order valence-corrected chi connectivity index (χ3v) is 5.14. The number of amides is 1. The molecule has 2 aromatic heterocycles. The van der Waals surface area contributed by atoms with Crippen molar-refractivity contribution in [2.24, 2.45) is 0 Å². The molecule has 3 aromatic rings. The molecule has 1 aromatic carbocycles. The van der Waals surface area contributed by atoms with Gasteiger partial charge in [-0.05, 0) is 31.5 Å². The van der Waals surface area contributed by atoms with E-state index in [9.17, 15) is 4.79 Å². The number of nitrogens with zero attached hydrogens (tertiary/aromatic N) is 3. The highest BCUT2D eigenvalue weighted by Crippen LogP contribution is 2.28. The topological polar surface area (TPSA) is 94.1 Å². The normalized spacial score (nSPS) is 15.9. The predicted molar refractivity (Wildman–Crippen MR) is 102 cm³/mol. The van der Waals surface area contributed by atoms with Gasteiger partial charge in [-0.15, -0.1) is 0 Å². The summed E-state index contributed by atoms with van der Waals surface area (Å²) in [5, 5.41) is 10.0. The third kappa shape index (κ3) is 3.38. The smallest absolute Gasteiger partial charge is 0.272 e. The number of carbonyl (C=O) groups is 1. The van der Waals surface area contributed by atoms with E-state index in [0.29, 0.717) is 25.4 Å². The first-order valence-electron chi connectivity index (χ1n) is 9.15. The molecule has 0 saturated heterocycles. The molecule has 2 N–H and O–H groups in total. The number of ether oxygens (including phenoxy) is 2. The zero-order valence-electron chi connectivity index (χ0n) is 16.2. The molecule has 0 bridgehead atoms. The molecular weight excluding hydrogens is 358 g/mol. The number of imidazole rings is 1. The molecule has 0 spiro atoms. The number of rotatable bonds is 5. The zero-order valence-corrected chi connectivity index (χ0v) is 16.2. The Balaban J connectivity index is 1.45. The summed E-state index contributed by atoms with van der Waals surface area (Å²) in [6.45, 7) is 5.21. The van der Waals surface area contributed by atoms with Gasteiger partial charge in [-0.2, -0.15) is 5.10 Å². The number of carbonyl (C=O) groups excluding carboxylic acids is 1. The molecule has 0 fully saturated rings. The van der Waals surface area contributed by atoms with Crippen LogP contribution in [0.2, 0.25) is 0 Å². The summed E-state index contributed by atoms with van der Waals surface area (Å²) < 4.78 is 13.2. The number of aromatic amines is 1. The quantitative estimate of drug-likeness (QED) is 0.708. The van der Waals surface area contributed by atoms with Crippen LogP contribution in [0.25, 0.3) is 0 Å². The first kappa shape index (κ1) is 18.2. The fourth-order valence-electron chi connectivity index (χ4n) is 3.42. The summed E-state index contributed by atoms with van der Waals surface area (Å²) in [4.78, 5) is 17.0. The standard InChI is InChI=1S/C20H23N5O3/c1-12-16(13(2)24-23-12)8-21-20(26)19-17-10-28-18(9-25(17)11-22-19)14-4-6-15(27-3)7-5-14/h4-7,11,18H,8-10H2,1-3H3,(H,21,26)(H,23,24)/t18-/m1/s1. The molecule has 28 heavy (non-hydrogen) atoms. The molecular formula is C20H23N5O3. The number of benzene rings is 1. The summed E-state index contributed by atoms with van der Waals surface area (Å²) in [6, 6.07) is 7.82.